The molecule has 0 atom stereocenters. The molecule has 0 radical (unpaired) electrons. The molecule has 0 saturated carbocycles. The summed E-state index contributed by atoms with van der Waals surface area (Å²) in [6, 6.07) is 1.90. The fourth-order valence-corrected chi connectivity index (χ4v) is 2.17. The molecule has 18 heavy (non-hydrogen) atoms. The summed E-state index contributed by atoms with van der Waals surface area (Å²) in [5.41, 5.74) is 0. The Morgan fingerprint density at radius 2 is 2.11 bits per heavy atom. The predicted octanol–water partition coefficient (Wildman–Crippen LogP) is 1.90. The lowest BCUT2D eigenvalue weighted by molar-refractivity contribution is -0.142. The largest absolute Gasteiger partial charge is 0.481 e. The van der Waals surface area contributed by atoms with Crippen LogP contribution < -0.4 is 4.90 Å². The molecule has 2 rings (SSSR count). The van der Waals surface area contributed by atoms with Crippen LogP contribution in [0.2, 0.25) is 0 Å². The Bertz CT molecular complexity index is 426. The van der Waals surface area contributed by atoms with Crippen molar-refractivity contribution < 1.29 is 9.90 Å². The van der Waals surface area contributed by atoms with E-state index >= 15 is 0 Å². The van der Waals surface area contributed by atoms with Crippen LogP contribution >= 0.6 is 0 Å². The van der Waals surface area contributed by atoms with Crippen molar-refractivity contribution >= 4 is 11.8 Å². The number of aromatic nitrogens is 2. The molecule has 1 N–H and O–H groups in total. The van der Waals surface area contributed by atoms with Crippen LogP contribution in [0.15, 0.2) is 12.3 Å². The average Bonchev–Trinajstić information content (AvgIpc) is 2.39. The summed E-state index contributed by atoms with van der Waals surface area (Å²) in [5.74, 6) is 1.18. The van der Waals surface area contributed by atoms with Gasteiger partial charge >= 0.3 is 5.97 Å². The maximum absolute atomic E-state index is 10.9. The summed E-state index contributed by atoms with van der Waals surface area (Å²) < 4.78 is 0. The Kier molecular flexibility index (Phi) is 3.79. The molecule has 98 valence electrons. The highest BCUT2D eigenvalue weighted by molar-refractivity contribution is 5.70. The van der Waals surface area contributed by atoms with Crippen molar-refractivity contribution in [2.24, 2.45) is 5.92 Å². The monoisotopic (exact) mass is 249 g/mol. The van der Waals surface area contributed by atoms with E-state index in [2.05, 4.69) is 28.7 Å². The van der Waals surface area contributed by atoms with Gasteiger partial charge in [-0.05, 0) is 18.9 Å². The fourth-order valence-electron chi connectivity index (χ4n) is 2.17. The van der Waals surface area contributed by atoms with Crippen molar-refractivity contribution in [3.05, 3.63) is 18.1 Å². The van der Waals surface area contributed by atoms with Crippen LogP contribution in [-0.2, 0) is 4.79 Å². The summed E-state index contributed by atoms with van der Waals surface area (Å²) in [7, 11) is 0. The number of hydrogen-bond acceptors (Lipinski definition) is 4. The van der Waals surface area contributed by atoms with E-state index in [4.69, 9.17) is 5.11 Å². The van der Waals surface area contributed by atoms with Gasteiger partial charge in [0.2, 0.25) is 0 Å². The number of piperidine rings is 1. The summed E-state index contributed by atoms with van der Waals surface area (Å²) in [6.07, 6.45) is 3.16. The minimum absolute atomic E-state index is 0.201. The second-order valence-corrected chi connectivity index (χ2v) is 5.03. The van der Waals surface area contributed by atoms with Gasteiger partial charge in [0, 0.05) is 25.2 Å². The molecule has 2 heterocycles. The number of carboxylic acids is 1. The van der Waals surface area contributed by atoms with Crippen molar-refractivity contribution in [1.29, 1.82) is 0 Å². The molecule has 1 aliphatic heterocycles. The van der Waals surface area contributed by atoms with Crippen LogP contribution in [0.25, 0.3) is 0 Å². The fraction of sp³-hybridized carbons (Fsp3) is 0.615. The van der Waals surface area contributed by atoms with E-state index in [0.717, 1.165) is 24.7 Å². The average molecular weight is 249 g/mol. The van der Waals surface area contributed by atoms with Crippen molar-refractivity contribution in [3.8, 4) is 0 Å². The van der Waals surface area contributed by atoms with E-state index < -0.39 is 5.97 Å². The zero-order valence-electron chi connectivity index (χ0n) is 10.8. The molecular weight excluding hydrogens is 230 g/mol. The molecule has 0 aromatic carbocycles. The molecule has 0 amide bonds. The van der Waals surface area contributed by atoms with Crippen molar-refractivity contribution in [2.45, 2.75) is 32.6 Å². The summed E-state index contributed by atoms with van der Waals surface area (Å²) in [5, 5.41) is 8.97. The van der Waals surface area contributed by atoms with Crippen molar-refractivity contribution in [1.82, 2.24) is 9.97 Å². The van der Waals surface area contributed by atoms with Gasteiger partial charge in [-0.2, -0.15) is 0 Å². The smallest absolute Gasteiger partial charge is 0.306 e. The lowest BCUT2D eigenvalue weighted by atomic mass is 9.97. The maximum atomic E-state index is 10.9. The van der Waals surface area contributed by atoms with E-state index in [0.29, 0.717) is 18.8 Å². The Labute approximate surface area is 107 Å². The van der Waals surface area contributed by atoms with Gasteiger partial charge in [0.05, 0.1) is 5.92 Å². The molecule has 1 aliphatic rings. The number of rotatable bonds is 3. The van der Waals surface area contributed by atoms with Crippen LogP contribution in [-0.4, -0.2) is 34.1 Å². The lowest BCUT2D eigenvalue weighted by Gasteiger charge is -2.31. The number of nitrogens with zero attached hydrogens (tertiary/aromatic N) is 3. The Balaban J connectivity index is 2.05. The molecule has 0 unspecified atom stereocenters. The highest BCUT2D eigenvalue weighted by Gasteiger charge is 2.25. The Morgan fingerprint density at radius 1 is 1.44 bits per heavy atom. The third-order valence-corrected chi connectivity index (χ3v) is 3.34. The number of carbonyl (C=O) groups is 1. The van der Waals surface area contributed by atoms with Gasteiger partial charge in [-0.1, -0.05) is 13.8 Å². The predicted molar refractivity (Wildman–Crippen MR) is 68.7 cm³/mol. The Morgan fingerprint density at radius 3 is 2.67 bits per heavy atom. The van der Waals surface area contributed by atoms with E-state index in [9.17, 15) is 4.79 Å². The third-order valence-electron chi connectivity index (χ3n) is 3.34. The minimum atomic E-state index is -0.680. The molecule has 5 heteroatoms. The van der Waals surface area contributed by atoms with Gasteiger partial charge in [-0.3, -0.25) is 4.79 Å². The topological polar surface area (TPSA) is 66.3 Å². The van der Waals surface area contributed by atoms with Crippen molar-refractivity contribution in [2.75, 3.05) is 18.0 Å². The molecule has 1 fully saturated rings. The number of anilines is 1. The van der Waals surface area contributed by atoms with Crippen LogP contribution in [0, 0.1) is 5.92 Å². The first-order valence-corrected chi connectivity index (χ1v) is 6.38. The first kappa shape index (κ1) is 12.8. The number of aliphatic carboxylic acids is 1. The molecular formula is C13H19N3O2. The van der Waals surface area contributed by atoms with Crippen LogP contribution in [0.5, 0.6) is 0 Å². The van der Waals surface area contributed by atoms with Gasteiger partial charge in [0.15, 0.2) is 0 Å². The molecule has 1 aromatic rings. The van der Waals surface area contributed by atoms with Crippen LogP contribution in [0.1, 0.15) is 38.4 Å². The Hall–Kier alpha value is -1.65. The number of hydrogen-bond donors (Lipinski definition) is 1. The molecule has 1 saturated heterocycles. The van der Waals surface area contributed by atoms with E-state index in [1.165, 1.54) is 0 Å². The molecule has 5 nitrogen and oxygen atoms in total. The highest BCUT2D eigenvalue weighted by Crippen LogP contribution is 2.22. The SMILES string of the molecule is CC(C)c1nccc(N2CCC(C(=O)O)CC2)n1. The van der Waals surface area contributed by atoms with E-state index in [-0.39, 0.29) is 5.92 Å². The molecule has 1 aromatic heterocycles. The molecule has 0 bridgehead atoms. The quantitative estimate of drug-likeness (QED) is 0.886. The standard InChI is InChI=1S/C13H19N3O2/c1-9(2)12-14-6-3-11(15-12)16-7-4-10(5-8-16)13(17)18/h3,6,9-10H,4-5,7-8H2,1-2H3,(H,17,18). The van der Waals surface area contributed by atoms with Crippen LogP contribution in [0.4, 0.5) is 5.82 Å². The summed E-state index contributed by atoms with van der Waals surface area (Å²) in [4.78, 5) is 21.8. The highest BCUT2D eigenvalue weighted by atomic mass is 16.4. The minimum Gasteiger partial charge on any atom is -0.481 e. The normalized spacial score (nSPS) is 17.2. The zero-order valence-corrected chi connectivity index (χ0v) is 10.8. The van der Waals surface area contributed by atoms with Gasteiger partial charge in [0.1, 0.15) is 11.6 Å². The zero-order chi connectivity index (χ0) is 13.1. The molecule has 0 aliphatic carbocycles. The molecule has 0 spiro atoms. The third kappa shape index (κ3) is 2.78. The lowest BCUT2D eigenvalue weighted by Crippen LogP contribution is -2.36. The van der Waals surface area contributed by atoms with E-state index in [1.807, 2.05) is 6.07 Å². The van der Waals surface area contributed by atoms with Gasteiger partial charge in [0.25, 0.3) is 0 Å². The van der Waals surface area contributed by atoms with Gasteiger partial charge < -0.3 is 10.0 Å². The van der Waals surface area contributed by atoms with Gasteiger partial charge in [-0.15, -0.1) is 0 Å². The summed E-state index contributed by atoms with van der Waals surface area (Å²) in [6.45, 7) is 5.64. The van der Waals surface area contributed by atoms with Crippen LogP contribution in [0.3, 0.4) is 0 Å². The second kappa shape index (κ2) is 5.33. The first-order chi connectivity index (χ1) is 8.58. The van der Waals surface area contributed by atoms with E-state index in [1.54, 1.807) is 6.20 Å². The first-order valence-electron chi connectivity index (χ1n) is 6.38. The summed E-state index contributed by atoms with van der Waals surface area (Å²) >= 11 is 0. The maximum Gasteiger partial charge on any atom is 0.306 e. The van der Waals surface area contributed by atoms with Crippen molar-refractivity contribution in [3.63, 3.8) is 0 Å². The second-order valence-electron chi connectivity index (χ2n) is 5.03. The number of carboxylic acid groups (broad SMARTS) is 1. The van der Waals surface area contributed by atoms with Gasteiger partial charge in [-0.25, -0.2) is 9.97 Å².